The van der Waals surface area contributed by atoms with Gasteiger partial charge in [-0.2, -0.15) is 0 Å². The highest BCUT2D eigenvalue weighted by molar-refractivity contribution is 5.68. The fourth-order valence-corrected chi connectivity index (χ4v) is 2.90. The molecule has 1 aromatic rings. The zero-order chi connectivity index (χ0) is 16.3. The number of nitrogens with zero attached hydrogens (tertiary/aromatic N) is 1. The third kappa shape index (κ3) is 4.23. The molecule has 122 valence electrons. The number of hydrogen-bond acceptors (Lipinski definition) is 3. The van der Waals surface area contributed by atoms with Gasteiger partial charge in [0.2, 0.25) is 0 Å². The van der Waals surface area contributed by atoms with Gasteiger partial charge in [-0.3, -0.25) is 0 Å². The van der Waals surface area contributed by atoms with Gasteiger partial charge in [-0.25, -0.2) is 4.79 Å². The summed E-state index contributed by atoms with van der Waals surface area (Å²) in [6.45, 7) is 8.93. The van der Waals surface area contributed by atoms with E-state index in [1.807, 2.05) is 52.0 Å². The fraction of sp³-hybridized carbons (Fsp3) is 0.611. The average Bonchev–Trinajstić information content (AvgIpc) is 2.45. The van der Waals surface area contributed by atoms with Crippen molar-refractivity contribution in [3.05, 3.63) is 35.4 Å². The number of aryl methyl sites for hydroxylation is 1. The number of amides is 1. The molecular formula is C18H27NO3. The minimum Gasteiger partial charge on any atom is -0.444 e. The van der Waals surface area contributed by atoms with E-state index in [9.17, 15) is 9.90 Å². The minimum atomic E-state index is -0.464. The largest absolute Gasteiger partial charge is 0.444 e. The van der Waals surface area contributed by atoms with Crippen LogP contribution >= 0.6 is 0 Å². The number of carbonyl (C=O) groups excluding carboxylic acids is 1. The highest BCUT2D eigenvalue weighted by Gasteiger charge is 2.30. The second kappa shape index (κ2) is 6.69. The lowest BCUT2D eigenvalue weighted by Crippen LogP contribution is -2.42. The van der Waals surface area contributed by atoms with Crippen molar-refractivity contribution >= 4 is 6.09 Å². The highest BCUT2D eigenvalue weighted by atomic mass is 16.6. The Hall–Kier alpha value is -1.55. The minimum absolute atomic E-state index is 0.194. The molecular weight excluding hydrogens is 278 g/mol. The number of likely N-dealkylation sites (tertiary alicyclic amines) is 1. The van der Waals surface area contributed by atoms with E-state index in [-0.39, 0.29) is 12.0 Å². The van der Waals surface area contributed by atoms with E-state index in [1.54, 1.807) is 4.90 Å². The fourth-order valence-electron chi connectivity index (χ4n) is 2.90. The van der Waals surface area contributed by atoms with Crippen LogP contribution in [-0.2, 0) is 4.74 Å². The Morgan fingerprint density at radius 1 is 1.27 bits per heavy atom. The smallest absolute Gasteiger partial charge is 0.410 e. The molecule has 0 saturated carbocycles. The summed E-state index contributed by atoms with van der Waals surface area (Å²) in [5.74, 6) is 0.194. The van der Waals surface area contributed by atoms with Crippen LogP contribution in [0.1, 0.15) is 50.8 Å². The lowest BCUT2D eigenvalue weighted by atomic mass is 9.86. The Morgan fingerprint density at radius 3 is 2.41 bits per heavy atom. The number of rotatable bonds is 2. The van der Waals surface area contributed by atoms with E-state index in [4.69, 9.17) is 4.74 Å². The summed E-state index contributed by atoms with van der Waals surface area (Å²) < 4.78 is 5.40. The molecule has 0 unspecified atom stereocenters. The van der Waals surface area contributed by atoms with Crippen LogP contribution in [0.5, 0.6) is 0 Å². The average molecular weight is 305 g/mol. The van der Waals surface area contributed by atoms with Gasteiger partial charge in [0.05, 0.1) is 6.10 Å². The molecule has 0 aliphatic carbocycles. The first-order valence-electron chi connectivity index (χ1n) is 7.99. The van der Waals surface area contributed by atoms with Gasteiger partial charge in [0.15, 0.2) is 0 Å². The normalized spacial score (nSPS) is 18.1. The van der Waals surface area contributed by atoms with Crippen molar-refractivity contribution < 1.29 is 14.6 Å². The molecule has 0 spiro atoms. The lowest BCUT2D eigenvalue weighted by Gasteiger charge is -2.35. The van der Waals surface area contributed by atoms with E-state index in [0.717, 1.165) is 24.0 Å². The molecule has 1 aromatic carbocycles. The number of aliphatic hydroxyl groups is 1. The van der Waals surface area contributed by atoms with Crippen LogP contribution in [0.3, 0.4) is 0 Å². The zero-order valence-corrected chi connectivity index (χ0v) is 14.0. The first kappa shape index (κ1) is 16.8. The molecule has 1 aliphatic rings. The second-order valence-electron chi connectivity index (χ2n) is 7.11. The number of ether oxygens (including phenoxy) is 1. The summed E-state index contributed by atoms with van der Waals surface area (Å²) in [6, 6.07) is 7.95. The van der Waals surface area contributed by atoms with E-state index in [2.05, 4.69) is 0 Å². The van der Waals surface area contributed by atoms with Crippen molar-refractivity contribution in [2.45, 2.75) is 52.2 Å². The molecule has 4 heteroatoms. The maximum atomic E-state index is 12.1. The Morgan fingerprint density at radius 2 is 1.86 bits per heavy atom. The molecule has 4 nitrogen and oxygen atoms in total. The number of benzene rings is 1. The number of hydrogen-bond donors (Lipinski definition) is 1. The summed E-state index contributed by atoms with van der Waals surface area (Å²) in [5.41, 5.74) is 1.65. The number of aliphatic hydroxyl groups excluding tert-OH is 1. The van der Waals surface area contributed by atoms with E-state index in [1.165, 1.54) is 0 Å². The molecule has 2 rings (SSSR count). The Balaban J connectivity index is 1.92. The van der Waals surface area contributed by atoms with Gasteiger partial charge in [0.1, 0.15) is 5.60 Å². The van der Waals surface area contributed by atoms with Gasteiger partial charge in [-0.15, -0.1) is 0 Å². The molecule has 1 fully saturated rings. The van der Waals surface area contributed by atoms with Crippen molar-refractivity contribution in [3.63, 3.8) is 0 Å². The molecule has 1 amide bonds. The predicted octanol–water partition coefficient (Wildman–Crippen LogP) is 3.68. The van der Waals surface area contributed by atoms with Crippen LogP contribution in [0.25, 0.3) is 0 Å². The maximum absolute atomic E-state index is 12.1. The van der Waals surface area contributed by atoms with Crippen molar-refractivity contribution in [2.75, 3.05) is 13.1 Å². The van der Waals surface area contributed by atoms with Crippen LogP contribution < -0.4 is 0 Å². The lowest BCUT2D eigenvalue weighted by molar-refractivity contribution is 0.00759. The van der Waals surface area contributed by atoms with Crippen molar-refractivity contribution in [1.82, 2.24) is 4.90 Å². The van der Waals surface area contributed by atoms with Crippen molar-refractivity contribution in [3.8, 4) is 0 Å². The Bertz CT molecular complexity index is 513. The number of carbonyl (C=O) groups is 1. The zero-order valence-electron chi connectivity index (χ0n) is 14.0. The van der Waals surface area contributed by atoms with Crippen LogP contribution in [0.4, 0.5) is 4.79 Å². The van der Waals surface area contributed by atoms with Gasteiger partial charge >= 0.3 is 6.09 Å². The Labute approximate surface area is 133 Å². The monoisotopic (exact) mass is 305 g/mol. The third-order valence-electron chi connectivity index (χ3n) is 4.14. The van der Waals surface area contributed by atoms with E-state index >= 15 is 0 Å². The summed E-state index contributed by atoms with van der Waals surface area (Å²) >= 11 is 0. The topological polar surface area (TPSA) is 49.8 Å². The number of piperidine rings is 1. The van der Waals surface area contributed by atoms with Gasteiger partial charge < -0.3 is 14.7 Å². The summed E-state index contributed by atoms with van der Waals surface area (Å²) in [5, 5.41) is 10.6. The van der Waals surface area contributed by atoms with Gasteiger partial charge in [-0.1, -0.05) is 24.3 Å². The first-order chi connectivity index (χ1) is 10.3. The molecule has 1 aliphatic heterocycles. The van der Waals surface area contributed by atoms with Crippen molar-refractivity contribution in [2.24, 2.45) is 5.92 Å². The molecule has 0 bridgehead atoms. The standard InChI is InChI=1S/C18H27NO3/c1-13-7-5-6-8-15(13)16(20)14-9-11-19(12-10-14)17(21)22-18(2,3)4/h5-8,14,16,20H,9-12H2,1-4H3/t16-/m1/s1. The van der Waals surface area contributed by atoms with Gasteiger partial charge in [0.25, 0.3) is 0 Å². The summed E-state index contributed by atoms with van der Waals surface area (Å²) in [6.07, 6.45) is 0.891. The van der Waals surface area contributed by atoms with Crippen LogP contribution in [0.15, 0.2) is 24.3 Å². The van der Waals surface area contributed by atoms with Gasteiger partial charge in [-0.05, 0) is 57.6 Å². The predicted molar refractivity (Wildman–Crippen MR) is 86.7 cm³/mol. The van der Waals surface area contributed by atoms with Crippen LogP contribution in [0.2, 0.25) is 0 Å². The first-order valence-corrected chi connectivity index (χ1v) is 7.99. The molecule has 0 radical (unpaired) electrons. The molecule has 0 aromatic heterocycles. The van der Waals surface area contributed by atoms with E-state index in [0.29, 0.717) is 13.1 Å². The van der Waals surface area contributed by atoms with Crippen LogP contribution in [-0.4, -0.2) is 34.8 Å². The SMILES string of the molecule is Cc1ccccc1[C@H](O)C1CCN(C(=O)OC(C)(C)C)CC1. The molecule has 1 N–H and O–H groups in total. The molecule has 1 heterocycles. The van der Waals surface area contributed by atoms with Crippen LogP contribution in [0, 0.1) is 12.8 Å². The summed E-state index contributed by atoms with van der Waals surface area (Å²) in [7, 11) is 0. The molecule has 1 atom stereocenters. The van der Waals surface area contributed by atoms with Gasteiger partial charge in [0, 0.05) is 13.1 Å². The highest BCUT2D eigenvalue weighted by Crippen LogP contribution is 2.32. The second-order valence-corrected chi connectivity index (χ2v) is 7.11. The van der Waals surface area contributed by atoms with E-state index < -0.39 is 11.7 Å². The quantitative estimate of drug-likeness (QED) is 0.907. The Kier molecular flexibility index (Phi) is 5.12. The maximum Gasteiger partial charge on any atom is 0.410 e. The van der Waals surface area contributed by atoms with Crippen molar-refractivity contribution in [1.29, 1.82) is 0 Å². The molecule has 22 heavy (non-hydrogen) atoms. The summed E-state index contributed by atoms with van der Waals surface area (Å²) in [4.78, 5) is 13.8. The third-order valence-corrected chi connectivity index (χ3v) is 4.14. The molecule has 1 saturated heterocycles.